The molecule has 0 spiro atoms. The van der Waals surface area contributed by atoms with Gasteiger partial charge in [0.05, 0.1) is 27.8 Å². The van der Waals surface area contributed by atoms with Gasteiger partial charge in [0.15, 0.2) is 11.6 Å². The third-order valence-electron chi connectivity index (χ3n) is 12.4. The highest BCUT2D eigenvalue weighted by molar-refractivity contribution is 7.26. The molecule has 0 saturated heterocycles. The molecule has 13 rings (SSSR count). The summed E-state index contributed by atoms with van der Waals surface area (Å²) in [5.41, 5.74) is 12.2. The van der Waals surface area contributed by atoms with E-state index in [2.05, 4.69) is 202 Å². The summed E-state index contributed by atoms with van der Waals surface area (Å²) in [5.74, 6) is 1.60. The lowest BCUT2D eigenvalue weighted by molar-refractivity contribution is 1.07. The van der Waals surface area contributed by atoms with Crippen molar-refractivity contribution in [2.24, 2.45) is 0 Å². The van der Waals surface area contributed by atoms with Crippen LogP contribution in [0.15, 0.2) is 212 Å². The number of rotatable bonds is 6. The summed E-state index contributed by atoms with van der Waals surface area (Å²) in [4.78, 5) is 0. The van der Waals surface area contributed by atoms with Crippen molar-refractivity contribution >= 4 is 75.1 Å². The van der Waals surface area contributed by atoms with Crippen LogP contribution in [0.3, 0.4) is 0 Å². The minimum atomic E-state index is 0.797. The first-order valence-corrected chi connectivity index (χ1v) is 21.7. The van der Waals surface area contributed by atoms with Gasteiger partial charge in [-0.05, 0) is 66.2 Å². The Kier molecular flexibility index (Phi) is 7.71. The fourth-order valence-corrected chi connectivity index (χ4v) is 11.0. The normalized spacial score (nSPS) is 11.9. The Morgan fingerprint density at radius 2 is 0.919 bits per heavy atom. The maximum atomic E-state index is 4.94. The van der Waals surface area contributed by atoms with Crippen LogP contribution in [0.5, 0.6) is 0 Å². The molecule has 13 aromatic rings. The molecule has 0 aliphatic rings. The topological polar surface area (TPSA) is 40.6 Å². The van der Waals surface area contributed by atoms with E-state index in [4.69, 9.17) is 10.2 Å². The van der Waals surface area contributed by atoms with E-state index in [1.807, 2.05) is 35.6 Å². The molecule has 0 amide bonds. The Bertz CT molecular complexity index is 3870. The molecule has 6 heteroatoms. The van der Waals surface area contributed by atoms with Crippen molar-refractivity contribution in [3.05, 3.63) is 212 Å². The van der Waals surface area contributed by atoms with Gasteiger partial charge in [0.2, 0.25) is 0 Å². The van der Waals surface area contributed by atoms with E-state index in [1.165, 1.54) is 47.5 Å². The predicted molar refractivity (Wildman–Crippen MR) is 259 cm³/mol. The number of hydrogen-bond acceptors (Lipinski definition) is 3. The quantitative estimate of drug-likeness (QED) is 0.168. The molecule has 4 heterocycles. The maximum absolute atomic E-state index is 4.94. The highest BCUT2D eigenvalue weighted by Gasteiger charge is 2.24. The fraction of sp³-hybridized carbons (Fsp3) is 0. The van der Waals surface area contributed by atoms with Gasteiger partial charge in [-0.2, -0.15) is 0 Å². The minimum absolute atomic E-state index is 0.797. The van der Waals surface area contributed by atoms with Gasteiger partial charge in [-0.1, -0.05) is 152 Å². The molecule has 0 unspecified atom stereocenters. The smallest absolute Gasteiger partial charge is 0.169 e. The van der Waals surface area contributed by atoms with Crippen LogP contribution in [0, 0.1) is 0 Å². The second-order valence-electron chi connectivity index (χ2n) is 15.8. The molecule has 0 bridgehead atoms. The number of nitrogens with zero attached hydrogens (tertiary/aromatic N) is 5. The van der Waals surface area contributed by atoms with E-state index in [9.17, 15) is 0 Å². The number of benzene rings is 9. The predicted octanol–water partition coefficient (Wildman–Crippen LogP) is 14.8. The molecule has 0 radical (unpaired) electrons. The summed E-state index contributed by atoms with van der Waals surface area (Å²) in [6.07, 6.45) is 0. The molecule has 0 fully saturated rings. The minimum Gasteiger partial charge on any atom is -0.309 e. The van der Waals surface area contributed by atoms with Gasteiger partial charge in [0.25, 0.3) is 0 Å². The average molecular weight is 810 g/mol. The van der Waals surface area contributed by atoms with Gasteiger partial charge in [-0.25, -0.2) is 0 Å². The van der Waals surface area contributed by atoms with Gasteiger partial charge in [-0.15, -0.1) is 21.5 Å². The summed E-state index contributed by atoms with van der Waals surface area (Å²) in [6.45, 7) is 0. The van der Waals surface area contributed by atoms with Crippen LogP contribution in [0.25, 0.3) is 115 Å². The van der Waals surface area contributed by atoms with Crippen LogP contribution < -0.4 is 0 Å². The number of hydrogen-bond donors (Lipinski definition) is 0. The molecule has 0 N–H and O–H groups in total. The van der Waals surface area contributed by atoms with Gasteiger partial charge in [0.1, 0.15) is 0 Å². The Morgan fingerprint density at radius 1 is 0.339 bits per heavy atom. The molecule has 4 aromatic heterocycles. The maximum Gasteiger partial charge on any atom is 0.169 e. The first kappa shape index (κ1) is 34.8. The number of thiophene rings is 1. The summed E-state index contributed by atoms with van der Waals surface area (Å²) in [6, 6.07) is 76.1. The molecule has 5 nitrogen and oxygen atoms in total. The van der Waals surface area contributed by atoms with Crippen LogP contribution >= 0.6 is 11.3 Å². The SMILES string of the molecule is c1ccc(-c2nnc(-c3cccc4c3c3ccccc3n4-c3cccc(-c4ccccc4-n4c5ccccc5c5c6sc7ccccc7c6ccc54)c3)n2-c2ccccc2)cc1. The van der Waals surface area contributed by atoms with Gasteiger partial charge < -0.3 is 9.13 Å². The van der Waals surface area contributed by atoms with E-state index in [0.717, 1.165) is 67.2 Å². The second-order valence-corrected chi connectivity index (χ2v) is 16.8. The second kappa shape index (κ2) is 13.7. The summed E-state index contributed by atoms with van der Waals surface area (Å²) in [5, 5.41) is 17.3. The Morgan fingerprint density at radius 3 is 1.76 bits per heavy atom. The van der Waals surface area contributed by atoms with Crippen molar-refractivity contribution in [2.45, 2.75) is 0 Å². The molecule has 0 saturated carbocycles. The molecule has 9 aromatic carbocycles. The average Bonchev–Trinajstić information content (AvgIpc) is 4.12. The van der Waals surface area contributed by atoms with E-state index in [0.29, 0.717) is 0 Å². The molecule has 290 valence electrons. The lowest BCUT2D eigenvalue weighted by Crippen LogP contribution is -2.00. The van der Waals surface area contributed by atoms with E-state index < -0.39 is 0 Å². The first-order valence-electron chi connectivity index (χ1n) is 20.9. The van der Waals surface area contributed by atoms with Crippen molar-refractivity contribution in [1.29, 1.82) is 0 Å². The summed E-state index contributed by atoms with van der Waals surface area (Å²) >= 11 is 1.89. The van der Waals surface area contributed by atoms with Crippen LogP contribution in [0.1, 0.15) is 0 Å². The monoisotopic (exact) mass is 809 g/mol. The van der Waals surface area contributed by atoms with Crippen LogP contribution in [0.4, 0.5) is 0 Å². The van der Waals surface area contributed by atoms with Crippen molar-refractivity contribution in [3.63, 3.8) is 0 Å². The summed E-state index contributed by atoms with van der Waals surface area (Å²) in [7, 11) is 0. The van der Waals surface area contributed by atoms with Crippen LogP contribution in [0.2, 0.25) is 0 Å². The standard InChI is InChI=1S/C56H35N5S/c1-3-17-36(18-4-1)55-57-58-56(60(55)38-20-5-2-6-21-38)45-27-16-31-49-52(45)43-25-8-12-29-47(43)59(49)39-22-15-19-37(35-39)40-23-7-11-28-46(40)61-48-30-13-9-26-44(48)53-50(61)34-33-42-41-24-10-14-32-51(41)62-54(42)53/h1-35H. The van der Waals surface area contributed by atoms with E-state index in [1.54, 1.807) is 0 Å². The number of aromatic nitrogens is 5. The van der Waals surface area contributed by atoms with Crippen molar-refractivity contribution in [3.8, 4) is 51.0 Å². The van der Waals surface area contributed by atoms with Crippen molar-refractivity contribution in [1.82, 2.24) is 23.9 Å². The molecule has 0 aliphatic heterocycles. The van der Waals surface area contributed by atoms with Crippen LogP contribution in [-0.2, 0) is 0 Å². The Labute approximate surface area is 360 Å². The summed E-state index contributed by atoms with van der Waals surface area (Å²) < 4.78 is 9.71. The lowest BCUT2D eigenvalue weighted by atomic mass is 10.0. The van der Waals surface area contributed by atoms with E-state index in [-0.39, 0.29) is 0 Å². The molecule has 62 heavy (non-hydrogen) atoms. The fourth-order valence-electron chi connectivity index (χ4n) is 9.76. The molecular formula is C56H35N5S. The third-order valence-corrected chi connectivity index (χ3v) is 13.6. The Balaban J connectivity index is 1.01. The van der Waals surface area contributed by atoms with Crippen molar-refractivity contribution < 1.29 is 0 Å². The zero-order valence-electron chi connectivity index (χ0n) is 33.4. The Hall–Kier alpha value is -8.06. The first-order chi connectivity index (χ1) is 30.8. The number of para-hydroxylation sites is 4. The van der Waals surface area contributed by atoms with E-state index >= 15 is 0 Å². The highest BCUT2D eigenvalue weighted by Crippen LogP contribution is 2.45. The molecule has 0 atom stereocenters. The lowest BCUT2D eigenvalue weighted by Gasteiger charge is -2.16. The third kappa shape index (κ3) is 5.14. The van der Waals surface area contributed by atoms with Gasteiger partial charge >= 0.3 is 0 Å². The largest absolute Gasteiger partial charge is 0.309 e. The molecular weight excluding hydrogens is 775 g/mol. The van der Waals surface area contributed by atoms with Gasteiger partial charge in [-0.3, -0.25) is 4.57 Å². The van der Waals surface area contributed by atoms with Gasteiger partial charge in [0, 0.05) is 69.8 Å². The van der Waals surface area contributed by atoms with Crippen molar-refractivity contribution in [2.75, 3.05) is 0 Å². The number of fused-ring (bicyclic) bond motifs is 10. The zero-order valence-corrected chi connectivity index (χ0v) is 34.2. The zero-order chi connectivity index (χ0) is 40.7. The highest BCUT2D eigenvalue weighted by atomic mass is 32.1. The molecule has 0 aliphatic carbocycles. The van der Waals surface area contributed by atoms with Crippen LogP contribution in [-0.4, -0.2) is 23.9 Å².